The highest BCUT2D eigenvalue weighted by atomic mass is 35.5. The fourth-order valence-electron chi connectivity index (χ4n) is 3.32. The maximum Gasteiger partial charge on any atom is 0.226 e. The summed E-state index contributed by atoms with van der Waals surface area (Å²) in [6, 6.07) is 6.01. The van der Waals surface area contributed by atoms with E-state index in [0.717, 1.165) is 44.5 Å². The van der Waals surface area contributed by atoms with E-state index in [0.29, 0.717) is 22.6 Å². The predicted molar refractivity (Wildman–Crippen MR) is 105 cm³/mol. The number of piperidine rings is 1. The summed E-state index contributed by atoms with van der Waals surface area (Å²) in [4.78, 5) is 17.2. The average molecular weight is 386 g/mol. The largest absolute Gasteiger partial charge is 0.338 e. The summed E-state index contributed by atoms with van der Waals surface area (Å²) in [6.07, 6.45) is 2.78. The zero-order valence-corrected chi connectivity index (χ0v) is 16.9. The molecule has 0 spiro atoms. The van der Waals surface area contributed by atoms with E-state index >= 15 is 0 Å². The van der Waals surface area contributed by atoms with Gasteiger partial charge in [0.05, 0.1) is 10.0 Å². The molecule has 1 aromatic carbocycles. The number of nitrogens with zero attached hydrogens (tertiary/aromatic N) is 2. The molecule has 1 fully saturated rings. The first-order chi connectivity index (χ1) is 11.9. The Labute approximate surface area is 161 Å². The Morgan fingerprint density at radius 3 is 2.64 bits per heavy atom. The van der Waals surface area contributed by atoms with Crippen LogP contribution in [-0.2, 0) is 11.3 Å². The molecule has 4 nitrogen and oxygen atoms in total. The van der Waals surface area contributed by atoms with Gasteiger partial charge in [0, 0.05) is 25.0 Å². The summed E-state index contributed by atoms with van der Waals surface area (Å²) in [5.74, 6) is 0.372. The highest BCUT2D eigenvalue weighted by molar-refractivity contribution is 6.42. The van der Waals surface area contributed by atoms with Crippen LogP contribution in [0.4, 0.5) is 0 Å². The number of carbonyl (C=O) groups is 1. The molecule has 1 saturated heterocycles. The highest BCUT2D eigenvalue weighted by Gasteiger charge is 2.28. The van der Waals surface area contributed by atoms with Crippen molar-refractivity contribution in [2.24, 2.45) is 5.92 Å². The summed E-state index contributed by atoms with van der Waals surface area (Å²) in [7, 11) is 4.11. The molecule has 1 aliphatic rings. The first-order valence-corrected chi connectivity index (χ1v) is 9.73. The lowest BCUT2D eigenvalue weighted by Crippen LogP contribution is -2.44. The van der Waals surface area contributed by atoms with Crippen LogP contribution in [0.3, 0.4) is 0 Å². The van der Waals surface area contributed by atoms with Crippen LogP contribution in [-0.4, -0.2) is 55.5 Å². The lowest BCUT2D eigenvalue weighted by atomic mass is 9.91. The number of hydrogen-bond acceptors (Lipinski definition) is 3. The van der Waals surface area contributed by atoms with Gasteiger partial charge in [-0.1, -0.05) is 29.3 Å². The van der Waals surface area contributed by atoms with Crippen LogP contribution in [0.25, 0.3) is 0 Å². The number of nitrogens with one attached hydrogen (secondary N) is 1. The molecule has 0 aliphatic carbocycles. The van der Waals surface area contributed by atoms with Crippen LogP contribution in [0.1, 0.15) is 31.7 Å². The van der Waals surface area contributed by atoms with Crippen LogP contribution in [0, 0.1) is 5.92 Å². The van der Waals surface area contributed by atoms with Gasteiger partial charge in [-0.05, 0) is 71.1 Å². The fourth-order valence-corrected chi connectivity index (χ4v) is 3.64. The van der Waals surface area contributed by atoms with Gasteiger partial charge in [0.2, 0.25) is 5.91 Å². The van der Waals surface area contributed by atoms with E-state index in [1.165, 1.54) is 0 Å². The monoisotopic (exact) mass is 385 g/mol. The molecular weight excluding hydrogens is 357 g/mol. The third-order valence-corrected chi connectivity index (χ3v) is 5.41. The minimum Gasteiger partial charge on any atom is -0.338 e. The van der Waals surface area contributed by atoms with Crippen molar-refractivity contribution in [3.05, 3.63) is 33.8 Å². The Kier molecular flexibility index (Phi) is 8.01. The maximum atomic E-state index is 13.1. The van der Waals surface area contributed by atoms with Gasteiger partial charge in [0.25, 0.3) is 0 Å². The summed E-state index contributed by atoms with van der Waals surface area (Å²) in [5.41, 5.74) is 1.02. The van der Waals surface area contributed by atoms with Gasteiger partial charge in [-0.3, -0.25) is 4.79 Å². The van der Waals surface area contributed by atoms with Crippen molar-refractivity contribution in [1.82, 2.24) is 15.1 Å². The van der Waals surface area contributed by atoms with Gasteiger partial charge in [-0.25, -0.2) is 0 Å². The topological polar surface area (TPSA) is 35.6 Å². The van der Waals surface area contributed by atoms with Crippen LogP contribution in [0.2, 0.25) is 10.0 Å². The number of carbonyl (C=O) groups excluding carboxylic acids is 1. The average Bonchev–Trinajstić information content (AvgIpc) is 2.56. The summed E-state index contributed by atoms with van der Waals surface area (Å²) in [5, 5.41) is 4.50. The number of halogens is 2. The van der Waals surface area contributed by atoms with Gasteiger partial charge in [-0.2, -0.15) is 0 Å². The molecular formula is C19H29Cl2N3O. The molecule has 6 heteroatoms. The van der Waals surface area contributed by atoms with E-state index in [1.807, 2.05) is 17.0 Å². The first kappa shape index (κ1) is 20.5. The minimum absolute atomic E-state index is 0.110. The molecule has 2 atom stereocenters. The normalized spacial score (nSPS) is 20.7. The number of hydrogen-bond donors (Lipinski definition) is 1. The second kappa shape index (κ2) is 9.77. The molecule has 1 amide bonds. The quantitative estimate of drug-likeness (QED) is 0.777. The third kappa shape index (κ3) is 6.45. The second-order valence-corrected chi connectivity index (χ2v) is 8.06. The van der Waals surface area contributed by atoms with Crippen LogP contribution >= 0.6 is 23.2 Å². The number of benzene rings is 1. The maximum absolute atomic E-state index is 13.1. The molecule has 25 heavy (non-hydrogen) atoms. The Bertz CT molecular complexity index is 580. The molecule has 1 aliphatic heterocycles. The van der Waals surface area contributed by atoms with Crippen molar-refractivity contribution < 1.29 is 4.79 Å². The number of amides is 1. The van der Waals surface area contributed by atoms with E-state index in [1.54, 1.807) is 6.07 Å². The molecule has 2 rings (SSSR count). The van der Waals surface area contributed by atoms with E-state index < -0.39 is 0 Å². The zero-order valence-electron chi connectivity index (χ0n) is 15.4. The van der Waals surface area contributed by atoms with E-state index in [9.17, 15) is 4.79 Å². The first-order valence-electron chi connectivity index (χ1n) is 8.97. The molecule has 1 aromatic rings. The van der Waals surface area contributed by atoms with Gasteiger partial charge in [0.1, 0.15) is 0 Å². The van der Waals surface area contributed by atoms with Gasteiger partial charge < -0.3 is 15.1 Å². The summed E-state index contributed by atoms with van der Waals surface area (Å²) < 4.78 is 0. The molecule has 0 radical (unpaired) electrons. The Balaban J connectivity index is 2.07. The Morgan fingerprint density at radius 2 is 2.00 bits per heavy atom. The number of rotatable bonds is 7. The summed E-state index contributed by atoms with van der Waals surface area (Å²) in [6.45, 7) is 5.37. The van der Waals surface area contributed by atoms with Crippen molar-refractivity contribution >= 4 is 29.1 Å². The van der Waals surface area contributed by atoms with Crippen molar-refractivity contribution in [3.63, 3.8) is 0 Å². The fraction of sp³-hybridized carbons (Fsp3) is 0.632. The molecule has 0 bridgehead atoms. The van der Waals surface area contributed by atoms with Gasteiger partial charge in [0.15, 0.2) is 0 Å². The van der Waals surface area contributed by atoms with E-state index in [2.05, 4.69) is 31.2 Å². The molecule has 0 aromatic heterocycles. The highest BCUT2D eigenvalue weighted by Crippen LogP contribution is 2.25. The van der Waals surface area contributed by atoms with Gasteiger partial charge >= 0.3 is 0 Å². The summed E-state index contributed by atoms with van der Waals surface area (Å²) >= 11 is 12.2. The molecule has 140 valence electrons. The lowest BCUT2D eigenvalue weighted by Gasteiger charge is -2.32. The van der Waals surface area contributed by atoms with Crippen LogP contribution in [0.5, 0.6) is 0 Å². The SMILES string of the molecule is C[C@H]1C[C@@H](C(=O)N(CCCN(C)C)Cc2ccc(Cl)c(Cl)c2)CCN1. The van der Waals surface area contributed by atoms with Crippen molar-refractivity contribution in [3.8, 4) is 0 Å². The smallest absolute Gasteiger partial charge is 0.226 e. The van der Waals surface area contributed by atoms with Crippen molar-refractivity contribution in [2.45, 2.75) is 38.8 Å². The van der Waals surface area contributed by atoms with Gasteiger partial charge in [-0.15, -0.1) is 0 Å². The minimum atomic E-state index is 0.110. The molecule has 1 N–H and O–H groups in total. The van der Waals surface area contributed by atoms with E-state index in [4.69, 9.17) is 23.2 Å². The second-order valence-electron chi connectivity index (χ2n) is 7.24. The zero-order chi connectivity index (χ0) is 18.4. The van der Waals surface area contributed by atoms with Crippen LogP contribution < -0.4 is 5.32 Å². The Morgan fingerprint density at radius 1 is 1.24 bits per heavy atom. The van der Waals surface area contributed by atoms with E-state index in [-0.39, 0.29) is 11.8 Å². The van der Waals surface area contributed by atoms with Crippen LogP contribution in [0.15, 0.2) is 18.2 Å². The lowest BCUT2D eigenvalue weighted by molar-refractivity contribution is -0.137. The Hall–Kier alpha value is -0.810. The third-order valence-electron chi connectivity index (χ3n) is 4.68. The predicted octanol–water partition coefficient (Wildman–Crippen LogP) is 3.66. The van der Waals surface area contributed by atoms with Crippen molar-refractivity contribution in [2.75, 3.05) is 33.7 Å². The van der Waals surface area contributed by atoms with Crippen molar-refractivity contribution in [1.29, 1.82) is 0 Å². The standard InChI is InChI=1S/C19H29Cl2N3O/c1-14-11-16(7-8-22-14)19(25)24(10-4-9-23(2)3)13-15-5-6-17(20)18(21)12-15/h5-6,12,14,16,22H,4,7-11,13H2,1-3H3/t14-,16-/m0/s1. The molecule has 0 saturated carbocycles. The molecule has 1 heterocycles. The molecule has 0 unspecified atom stereocenters.